The zero-order valence-corrected chi connectivity index (χ0v) is 19.3. The minimum absolute atomic E-state index is 0.0152. The van der Waals surface area contributed by atoms with E-state index in [2.05, 4.69) is 9.97 Å². The molecular weight excluding hydrogens is 447 g/mol. The zero-order chi connectivity index (χ0) is 23.6. The Bertz CT molecular complexity index is 1120. The molecule has 3 aromatic rings. The van der Waals surface area contributed by atoms with Gasteiger partial charge in [0.2, 0.25) is 0 Å². The van der Waals surface area contributed by atoms with Gasteiger partial charge in [0.05, 0.1) is 23.9 Å². The van der Waals surface area contributed by atoms with Gasteiger partial charge in [-0.1, -0.05) is 49.9 Å². The first kappa shape index (κ1) is 23.6. The predicted octanol–water partition coefficient (Wildman–Crippen LogP) is 6.40. The van der Waals surface area contributed by atoms with E-state index in [1.54, 1.807) is 12.1 Å². The third-order valence-electron chi connectivity index (χ3n) is 5.88. The van der Waals surface area contributed by atoms with Crippen molar-refractivity contribution in [1.82, 2.24) is 9.97 Å². The minimum atomic E-state index is -4.50. The third-order valence-corrected chi connectivity index (χ3v) is 7.04. The number of aromatic nitrogens is 2. The van der Waals surface area contributed by atoms with Crippen molar-refractivity contribution >= 4 is 17.6 Å². The highest BCUT2D eigenvalue weighted by molar-refractivity contribution is 7.99. The third kappa shape index (κ3) is 5.17. The van der Waals surface area contributed by atoms with Crippen LogP contribution in [0.25, 0.3) is 11.3 Å². The second-order valence-electron chi connectivity index (χ2n) is 8.44. The van der Waals surface area contributed by atoms with E-state index in [0.29, 0.717) is 17.1 Å². The Kier molecular flexibility index (Phi) is 6.95. The highest BCUT2D eigenvalue weighted by Gasteiger charge is 2.34. The topological polar surface area (TPSA) is 49.2 Å². The molecule has 1 aromatic heterocycles. The summed E-state index contributed by atoms with van der Waals surface area (Å²) in [4.78, 5) is 11.5. The van der Waals surface area contributed by atoms with Crippen molar-refractivity contribution in [1.29, 1.82) is 0 Å². The van der Waals surface area contributed by atoms with E-state index in [-0.39, 0.29) is 23.5 Å². The van der Waals surface area contributed by atoms with Gasteiger partial charge in [-0.2, -0.15) is 13.2 Å². The van der Waals surface area contributed by atoms with Crippen LogP contribution in [0.3, 0.4) is 0 Å². The molecule has 1 aliphatic rings. The minimum Gasteiger partial charge on any atom is -0.394 e. The molecule has 0 aliphatic carbocycles. The molecule has 4 nitrogen and oxygen atoms in total. The molecule has 0 amide bonds. The Labute approximate surface area is 195 Å². The van der Waals surface area contributed by atoms with E-state index in [1.165, 1.54) is 18.5 Å². The van der Waals surface area contributed by atoms with Crippen LogP contribution in [0.5, 0.6) is 0 Å². The number of hydrogen-bond donors (Lipinski definition) is 1. The van der Waals surface area contributed by atoms with Gasteiger partial charge in [-0.3, -0.25) is 0 Å². The lowest BCUT2D eigenvalue weighted by Crippen LogP contribution is -2.32. The number of anilines is 1. The van der Waals surface area contributed by atoms with Gasteiger partial charge in [0.15, 0.2) is 0 Å². The summed E-state index contributed by atoms with van der Waals surface area (Å²) in [6, 6.07) is 13.6. The fourth-order valence-corrected chi connectivity index (χ4v) is 5.38. The molecule has 0 saturated carbocycles. The number of benzene rings is 2. The summed E-state index contributed by atoms with van der Waals surface area (Å²) in [5.74, 6) is 0.824. The van der Waals surface area contributed by atoms with Crippen molar-refractivity contribution in [2.24, 2.45) is 0 Å². The lowest BCUT2D eigenvalue weighted by Gasteiger charge is -2.24. The van der Waals surface area contributed by atoms with Crippen LogP contribution >= 0.6 is 11.8 Å². The van der Waals surface area contributed by atoms with Crippen LogP contribution in [0, 0.1) is 0 Å². The normalized spacial score (nSPS) is 16.6. The van der Waals surface area contributed by atoms with Crippen LogP contribution < -0.4 is 4.90 Å². The monoisotopic (exact) mass is 473 g/mol. The highest BCUT2D eigenvalue weighted by Crippen LogP contribution is 2.43. The van der Waals surface area contributed by atoms with E-state index in [1.807, 2.05) is 43.0 Å². The highest BCUT2D eigenvalue weighted by atomic mass is 32.2. The maximum Gasteiger partial charge on any atom is 0.417 e. The summed E-state index contributed by atoms with van der Waals surface area (Å²) in [6.07, 6.45) is -1.34. The molecule has 0 bridgehead atoms. The smallest absolute Gasteiger partial charge is 0.394 e. The Balaban J connectivity index is 1.71. The SMILES string of the molecule is CC(C)c1ccccc1Sc1ccc(-c2cc(N3CCCC3CO)ncn2)cc1C(F)(F)F. The summed E-state index contributed by atoms with van der Waals surface area (Å²) >= 11 is 1.14. The van der Waals surface area contributed by atoms with Crippen LogP contribution in [-0.2, 0) is 6.18 Å². The zero-order valence-electron chi connectivity index (χ0n) is 18.5. The fourth-order valence-electron chi connectivity index (χ4n) is 4.16. The van der Waals surface area contributed by atoms with Gasteiger partial charge in [0, 0.05) is 28.0 Å². The largest absolute Gasteiger partial charge is 0.417 e. The molecule has 1 unspecified atom stereocenters. The van der Waals surface area contributed by atoms with Gasteiger partial charge < -0.3 is 10.0 Å². The molecule has 4 rings (SSSR count). The van der Waals surface area contributed by atoms with Crippen molar-refractivity contribution in [3.05, 3.63) is 66.0 Å². The van der Waals surface area contributed by atoms with E-state index >= 15 is 0 Å². The summed E-state index contributed by atoms with van der Waals surface area (Å²) in [6.45, 7) is 4.82. The number of nitrogens with zero attached hydrogens (tertiary/aromatic N) is 3. The molecule has 174 valence electrons. The van der Waals surface area contributed by atoms with Crippen LogP contribution in [0.15, 0.2) is 64.6 Å². The van der Waals surface area contributed by atoms with E-state index in [4.69, 9.17) is 0 Å². The van der Waals surface area contributed by atoms with Crippen LogP contribution in [0.4, 0.5) is 19.0 Å². The number of aliphatic hydroxyl groups excluding tert-OH is 1. The van der Waals surface area contributed by atoms with Crippen molar-refractivity contribution in [3.63, 3.8) is 0 Å². The van der Waals surface area contributed by atoms with Crippen molar-refractivity contribution < 1.29 is 18.3 Å². The first-order valence-electron chi connectivity index (χ1n) is 11.0. The first-order valence-corrected chi connectivity index (χ1v) is 11.8. The van der Waals surface area contributed by atoms with Crippen molar-refractivity contribution in [2.75, 3.05) is 18.1 Å². The van der Waals surface area contributed by atoms with Crippen molar-refractivity contribution in [3.8, 4) is 11.3 Å². The van der Waals surface area contributed by atoms with Crippen LogP contribution in [0.2, 0.25) is 0 Å². The average Bonchev–Trinajstić information content (AvgIpc) is 3.28. The molecule has 8 heteroatoms. The van der Waals surface area contributed by atoms with Gasteiger partial charge in [-0.15, -0.1) is 0 Å². The number of alkyl halides is 3. The molecule has 2 heterocycles. The second kappa shape index (κ2) is 9.73. The Morgan fingerprint density at radius 2 is 1.88 bits per heavy atom. The summed E-state index contributed by atoms with van der Waals surface area (Å²) in [7, 11) is 0. The van der Waals surface area contributed by atoms with Gasteiger partial charge in [-0.05, 0) is 42.5 Å². The number of aliphatic hydroxyl groups is 1. The van der Waals surface area contributed by atoms with Crippen LogP contribution in [-0.4, -0.2) is 34.3 Å². The van der Waals surface area contributed by atoms with E-state index in [0.717, 1.165) is 41.6 Å². The van der Waals surface area contributed by atoms with Gasteiger partial charge in [0.1, 0.15) is 12.1 Å². The molecule has 2 aromatic carbocycles. The second-order valence-corrected chi connectivity index (χ2v) is 9.52. The molecule has 1 saturated heterocycles. The number of halogens is 3. The Hall–Kier alpha value is -2.58. The Morgan fingerprint density at radius 3 is 2.61 bits per heavy atom. The number of rotatable bonds is 6. The summed E-state index contributed by atoms with van der Waals surface area (Å²) in [5, 5.41) is 9.60. The quantitative estimate of drug-likeness (QED) is 0.449. The molecule has 1 N–H and O–H groups in total. The molecule has 0 spiro atoms. The first-order chi connectivity index (χ1) is 15.8. The molecule has 1 atom stereocenters. The maximum atomic E-state index is 14.0. The predicted molar refractivity (Wildman–Crippen MR) is 125 cm³/mol. The summed E-state index contributed by atoms with van der Waals surface area (Å²) < 4.78 is 42.1. The molecule has 1 fully saturated rings. The molecule has 0 radical (unpaired) electrons. The number of hydrogen-bond acceptors (Lipinski definition) is 5. The Morgan fingerprint density at radius 1 is 1.09 bits per heavy atom. The lowest BCUT2D eigenvalue weighted by atomic mass is 10.0. The van der Waals surface area contributed by atoms with Gasteiger partial charge >= 0.3 is 6.18 Å². The molecule has 1 aliphatic heterocycles. The summed E-state index contributed by atoms with van der Waals surface area (Å²) in [5.41, 5.74) is 1.14. The van der Waals surface area contributed by atoms with Crippen molar-refractivity contribution in [2.45, 2.75) is 54.6 Å². The maximum absolute atomic E-state index is 14.0. The fraction of sp³-hybridized carbons (Fsp3) is 0.360. The van der Waals surface area contributed by atoms with Gasteiger partial charge in [0.25, 0.3) is 0 Å². The van der Waals surface area contributed by atoms with E-state index < -0.39 is 11.7 Å². The standard InChI is InChI=1S/C25H26F3N3OS/c1-16(2)19-7-3-4-8-22(19)33-23-10-9-17(12-20(23)25(26,27)28)21-13-24(30-15-29-21)31-11-5-6-18(31)14-32/h3-4,7-10,12-13,15-16,18,32H,5-6,11,14H2,1-2H3. The van der Waals surface area contributed by atoms with Gasteiger partial charge in [-0.25, -0.2) is 9.97 Å². The average molecular weight is 474 g/mol. The lowest BCUT2D eigenvalue weighted by molar-refractivity contribution is -0.139. The van der Waals surface area contributed by atoms with E-state index in [9.17, 15) is 18.3 Å². The molecular formula is C25H26F3N3OS. The van der Waals surface area contributed by atoms with Crippen LogP contribution in [0.1, 0.15) is 43.7 Å². The molecule has 33 heavy (non-hydrogen) atoms.